The zero-order chi connectivity index (χ0) is 12.8. The van der Waals surface area contributed by atoms with Crippen LogP contribution in [-0.4, -0.2) is 0 Å². The third kappa shape index (κ3) is 3.84. The first-order chi connectivity index (χ1) is 8.78. The molecule has 0 aromatic heterocycles. The highest BCUT2D eigenvalue weighted by molar-refractivity contribution is 6.30. The Bertz CT molecular complexity index is 513. The first kappa shape index (κ1) is 13.1. The lowest BCUT2D eigenvalue weighted by atomic mass is 10.1. The standard InChI is InChI=1S/C15H16ClNO/c16-15-6-2-5-14(8-15)11-18-10-13-4-1-3-12(7-13)9-17/h1-8H,9-11,17H2. The second-order valence-corrected chi connectivity index (χ2v) is 4.58. The van der Waals surface area contributed by atoms with Gasteiger partial charge >= 0.3 is 0 Å². The number of rotatable bonds is 5. The molecule has 2 nitrogen and oxygen atoms in total. The third-order valence-electron chi connectivity index (χ3n) is 2.65. The van der Waals surface area contributed by atoms with E-state index in [0.29, 0.717) is 19.8 Å². The Labute approximate surface area is 112 Å². The summed E-state index contributed by atoms with van der Waals surface area (Å²) in [6, 6.07) is 15.8. The molecule has 2 aromatic rings. The number of nitrogens with two attached hydrogens (primary N) is 1. The number of hydrogen-bond acceptors (Lipinski definition) is 2. The molecule has 2 N–H and O–H groups in total. The van der Waals surface area contributed by atoms with Crippen LogP contribution in [0.3, 0.4) is 0 Å². The van der Waals surface area contributed by atoms with Gasteiger partial charge in [-0.15, -0.1) is 0 Å². The average Bonchev–Trinajstić information content (AvgIpc) is 2.39. The van der Waals surface area contributed by atoms with E-state index in [0.717, 1.165) is 21.7 Å². The van der Waals surface area contributed by atoms with Crippen LogP contribution in [0.1, 0.15) is 16.7 Å². The molecule has 2 rings (SSSR count). The van der Waals surface area contributed by atoms with E-state index in [1.807, 2.05) is 42.5 Å². The lowest BCUT2D eigenvalue weighted by Gasteiger charge is -2.06. The molecular formula is C15H16ClNO. The van der Waals surface area contributed by atoms with Gasteiger partial charge in [0.1, 0.15) is 0 Å². The lowest BCUT2D eigenvalue weighted by Crippen LogP contribution is -1.98. The van der Waals surface area contributed by atoms with Crippen LogP contribution >= 0.6 is 11.6 Å². The first-order valence-corrected chi connectivity index (χ1v) is 6.26. The van der Waals surface area contributed by atoms with Crippen molar-refractivity contribution < 1.29 is 4.74 Å². The van der Waals surface area contributed by atoms with Crippen LogP contribution in [0.2, 0.25) is 5.02 Å². The quantitative estimate of drug-likeness (QED) is 0.894. The zero-order valence-corrected chi connectivity index (χ0v) is 10.9. The summed E-state index contributed by atoms with van der Waals surface area (Å²) in [5.41, 5.74) is 8.94. The predicted octanol–water partition coefficient (Wildman–Crippen LogP) is 3.52. The van der Waals surface area contributed by atoms with Gasteiger partial charge in [-0.05, 0) is 28.8 Å². The van der Waals surface area contributed by atoms with Gasteiger partial charge in [0.2, 0.25) is 0 Å². The minimum atomic E-state index is 0.558. The van der Waals surface area contributed by atoms with Gasteiger partial charge in [-0.2, -0.15) is 0 Å². The van der Waals surface area contributed by atoms with Gasteiger partial charge in [-0.1, -0.05) is 48.0 Å². The van der Waals surface area contributed by atoms with Crippen molar-refractivity contribution in [2.45, 2.75) is 19.8 Å². The Kier molecular flexibility index (Phi) is 4.76. The summed E-state index contributed by atoms with van der Waals surface area (Å²) >= 11 is 5.91. The smallest absolute Gasteiger partial charge is 0.0721 e. The van der Waals surface area contributed by atoms with E-state index in [-0.39, 0.29) is 0 Å². The monoisotopic (exact) mass is 261 g/mol. The van der Waals surface area contributed by atoms with Gasteiger partial charge in [0, 0.05) is 11.6 Å². The molecule has 0 heterocycles. The van der Waals surface area contributed by atoms with Crippen molar-refractivity contribution in [2.24, 2.45) is 5.73 Å². The Morgan fingerprint density at radius 1 is 0.889 bits per heavy atom. The fourth-order valence-corrected chi connectivity index (χ4v) is 1.97. The van der Waals surface area contributed by atoms with Crippen LogP contribution in [0.15, 0.2) is 48.5 Å². The number of ether oxygens (including phenoxy) is 1. The molecule has 0 saturated carbocycles. The molecule has 0 spiro atoms. The lowest BCUT2D eigenvalue weighted by molar-refractivity contribution is 0.107. The minimum Gasteiger partial charge on any atom is -0.372 e. The van der Waals surface area contributed by atoms with Gasteiger partial charge in [0.15, 0.2) is 0 Å². The summed E-state index contributed by atoms with van der Waals surface area (Å²) < 4.78 is 5.66. The Balaban J connectivity index is 1.88. The zero-order valence-electron chi connectivity index (χ0n) is 10.1. The van der Waals surface area contributed by atoms with Crippen LogP contribution < -0.4 is 5.73 Å². The van der Waals surface area contributed by atoms with E-state index < -0.39 is 0 Å². The van der Waals surface area contributed by atoms with Crippen LogP contribution in [0.25, 0.3) is 0 Å². The molecule has 0 saturated heterocycles. The first-order valence-electron chi connectivity index (χ1n) is 5.88. The largest absolute Gasteiger partial charge is 0.372 e. The van der Waals surface area contributed by atoms with Crippen molar-refractivity contribution in [3.8, 4) is 0 Å². The molecule has 94 valence electrons. The SMILES string of the molecule is NCc1cccc(COCc2cccc(Cl)c2)c1. The molecule has 0 radical (unpaired) electrons. The van der Waals surface area contributed by atoms with Crippen molar-refractivity contribution >= 4 is 11.6 Å². The summed E-state index contributed by atoms with van der Waals surface area (Å²) in [4.78, 5) is 0. The van der Waals surface area contributed by atoms with Crippen molar-refractivity contribution in [3.05, 3.63) is 70.2 Å². The van der Waals surface area contributed by atoms with Crippen LogP contribution in [0, 0.1) is 0 Å². The fraction of sp³-hybridized carbons (Fsp3) is 0.200. The van der Waals surface area contributed by atoms with E-state index in [9.17, 15) is 0 Å². The van der Waals surface area contributed by atoms with Crippen molar-refractivity contribution in [2.75, 3.05) is 0 Å². The van der Waals surface area contributed by atoms with Crippen molar-refractivity contribution in [1.29, 1.82) is 0 Å². The molecule has 3 heteroatoms. The molecule has 0 aliphatic carbocycles. The molecule has 0 atom stereocenters. The Hall–Kier alpha value is -1.35. The number of hydrogen-bond donors (Lipinski definition) is 1. The summed E-state index contributed by atoms with van der Waals surface area (Å²) in [6.45, 7) is 1.70. The molecule has 18 heavy (non-hydrogen) atoms. The fourth-order valence-electron chi connectivity index (χ4n) is 1.76. The minimum absolute atomic E-state index is 0.558. The molecule has 0 bridgehead atoms. The summed E-state index contributed by atoms with van der Waals surface area (Å²) in [7, 11) is 0. The molecular weight excluding hydrogens is 246 g/mol. The maximum atomic E-state index is 5.91. The maximum Gasteiger partial charge on any atom is 0.0721 e. The molecule has 2 aromatic carbocycles. The Morgan fingerprint density at radius 3 is 2.17 bits per heavy atom. The molecule has 0 aliphatic rings. The average molecular weight is 262 g/mol. The van der Waals surface area contributed by atoms with E-state index in [1.54, 1.807) is 0 Å². The van der Waals surface area contributed by atoms with Gasteiger partial charge in [-0.25, -0.2) is 0 Å². The molecule has 0 fully saturated rings. The third-order valence-corrected chi connectivity index (χ3v) is 2.89. The van der Waals surface area contributed by atoms with Gasteiger partial charge in [0.05, 0.1) is 13.2 Å². The van der Waals surface area contributed by atoms with E-state index >= 15 is 0 Å². The summed E-state index contributed by atoms with van der Waals surface area (Å²) in [5.74, 6) is 0. The van der Waals surface area contributed by atoms with Gasteiger partial charge < -0.3 is 10.5 Å². The molecule has 0 amide bonds. The summed E-state index contributed by atoms with van der Waals surface area (Å²) in [6.07, 6.45) is 0. The Morgan fingerprint density at radius 2 is 1.50 bits per heavy atom. The molecule has 0 aliphatic heterocycles. The van der Waals surface area contributed by atoms with Gasteiger partial charge in [0.25, 0.3) is 0 Å². The van der Waals surface area contributed by atoms with E-state index in [1.165, 1.54) is 0 Å². The highest BCUT2D eigenvalue weighted by Gasteiger charge is 1.97. The van der Waals surface area contributed by atoms with Crippen LogP contribution in [0.5, 0.6) is 0 Å². The highest BCUT2D eigenvalue weighted by atomic mass is 35.5. The highest BCUT2D eigenvalue weighted by Crippen LogP contribution is 2.13. The number of halogens is 1. The van der Waals surface area contributed by atoms with Crippen molar-refractivity contribution in [1.82, 2.24) is 0 Å². The van der Waals surface area contributed by atoms with Crippen molar-refractivity contribution in [3.63, 3.8) is 0 Å². The number of benzene rings is 2. The normalized spacial score (nSPS) is 10.6. The summed E-state index contributed by atoms with van der Waals surface area (Å²) in [5, 5.41) is 0.737. The maximum absolute atomic E-state index is 5.91. The topological polar surface area (TPSA) is 35.2 Å². The second kappa shape index (κ2) is 6.55. The van der Waals surface area contributed by atoms with Crippen LogP contribution in [-0.2, 0) is 24.5 Å². The predicted molar refractivity (Wildman–Crippen MR) is 74.3 cm³/mol. The van der Waals surface area contributed by atoms with E-state index in [2.05, 4.69) is 6.07 Å². The van der Waals surface area contributed by atoms with Crippen LogP contribution in [0.4, 0.5) is 0 Å². The second-order valence-electron chi connectivity index (χ2n) is 4.15. The van der Waals surface area contributed by atoms with Gasteiger partial charge in [-0.3, -0.25) is 0 Å². The van der Waals surface area contributed by atoms with E-state index in [4.69, 9.17) is 22.1 Å². The molecule has 0 unspecified atom stereocenters.